The smallest absolute Gasteiger partial charge is 0.225 e. The van der Waals surface area contributed by atoms with Gasteiger partial charge in [-0.15, -0.1) is 0 Å². The molecule has 156 valence electrons. The summed E-state index contributed by atoms with van der Waals surface area (Å²) in [5, 5.41) is -0.503. The number of carbonyl (C=O) groups excluding carboxylic acids is 1. The summed E-state index contributed by atoms with van der Waals surface area (Å²) in [6.45, 7) is 8.57. The molecule has 0 bridgehead atoms. The molecule has 3 aliphatic rings. The summed E-state index contributed by atoms with van der Waals surface area (Å²) in [5.74, 6) is 0.278. The van der Waals surface area contributed by atoms with Crippen LogP contribution >= 0.6 is 0 Å². The molecule has 2 saturated heterocycles. The van der Waals surface area contributed by atoms with E-state index in [4.69, 9.17) is 4.74 Å². The van der Waals surface area contributed by atoms with Gasteiger partial charge in [0.05, 0.1) is 18.5 Å². The highest BCUT2D eigenvalue weighted by Crippen LogP contribution is 2.28. The third-order valence-electron chi connectivity index (χ3n) is 6.41. The largest absolute Gasteiger partial charge is 0.379 e. The maximum absolute atomic E-state index is 12.9. The zero-order valence-corrected chi connectivity index (χ0v) is 17.6. The molecule has 0 spiro atoms. The molecule has 1 aliphatic carbocycles. The predicted molar refractivity (Wildman–Crippen MR) is 105 cm³/mol. The van der Waals surface area contributed by atoms with Crippen LogP contribution in [0.2, 0.25) is 0 Å². The fraction of sp³-hybridized carbons (Fsp3) is 0.947. The van der Waals surface area contributed by atoms with E-state index in [1.54, 1.807) is 4.90 Å². The molecule has 0 aromatic rings. The van der Waals surface area contributed by atoms with Gasteiger partial charge in [0, 0.05) is 44.2 Å². The van der Waals surface area contributed by atoms with Crippen molar-refractivity contribution >= 4 is 15.9 Å². The van der Waals surface area contributed by atoms with Gasteiger partial charge >= 0.3 is 0 Å². The SMILES string of the molecule is CC(C)(CNS(=O)(=O)[C@@H]1CCCN(C(=O)C2CCCC2)C1)N1CCOCC1. The van der Waals surface area contributed by atoms with Gasteiger partial charge < -0.3 is 9.64 Å². The van der Waals surface area contributed by atoms with Crippen LogP contribution in [0.25, 0.3) is 0 Å². The molecular formula is C19H35N3O4S. The summed E-state index contributed by atoms with van der Waals surface area (Å²) in [5.41, 5.74) is -0.259. The van der Waals surface area contributed by atoms with E-state index < -0.39 is 15.3 Å². The van der Waals surface area contributed by atoms with E-state index in [2.05, 4.69) is 23.5 Å². The number of carbonyl (C=O) groups is 1. The van der Waals surface area contributed by atoms with Crippen molar-refractivity contribution in [1.29, 1.82) is 0 Å². The van der Waals surface area contributed by atoms with E-state index >= 15 is 0 Å². The van der Waals surface area contributed by atoms with Crippen LogP contribution in [-0.2, 0) is 19.6 Å². The Hall–Kier alpha value is -0.700. The zero-order valence-electron chi connectivity index (χ0n) is 16.8. The van der Waals surface area contributed by atoms with Crippen LogP contribution < -0.4 is 4.72 Å². The second-order valence-corrected chi connectivity index (χ2v) is 10.9. The number of rotatable bonds is 6. The normalized spacial score (nSPS) is 26.4. The number of hydrogen-bond acceptors (Lipinski definition) is 5. The topological polar surface area (TPSA) is 79.0 Å². The molecule has 0 aromatic carbocycles. The molecular weight excluding hydrogens is 366 g/mol. The van der Waals surface area contributed by atoms with E-state index in [9.17, 15) is 13.2 Å². The molecule has 1 amide bonds. The Morgan fingerprint density at radius 1 is 1.07 bits per heavy atom. The van der Waals surface area contributed by atoms with Gasteiger partial charge in [-0.3, -0.25) is 9.69 Å². The summed E-state index contributed by atoms with van der Waals surface area (Å²) in [6.07, 6.45) is 5.53. The second-order valence-electron chi connectivity index (χ2n) is 8.81. The lowest BCUT2D eigenvalue weighted by atomic mass is 10.0. The van der Waals surface area contributed by atoms with Gasteiger partial charge in [0.15, 0.2) is 0 Å². The van der Waals surface area contributed by atoms with Gasteiger partial charge in [-0.2, -0.15) is 0 Å². The van der Waals surface area contributed by atoms with Crippen molar-refractivity contribution in [1.82, 2.24) is 14.5 Å². The van der Waals surface area contributed by atoms with Gasteiger partial charge in [0.25, 0.3) is 0 Å². The lowest BCUT2D eigenvalue weighted by molar-refractivity contribution is -0.136. The molecule has 8 heteroatoms. The molecule has 0 unspecified atom stereocenters. The minimum atomic E-state index is -3.45. The summed E-state index contributed by atoms with van der Waals surface area (Å²) in [4.78, 5) is 16.8. The Kier molecular flexibility index (Phi) is 6.82. The molecule has 1 atom stereocenters. The Morgan fingerprint density at radius 3 is 2.41 bits per heavy atom. The van der Waals surface area contributed by atoms with Crippen molar-refractivity contribution in [2.75, 3.05) is 45.9 Å². The maximum Gasteiger partial charge on any atom is 0.225 e. The second kappa shape index (κ2) is 8.76. The highest BCUT2D eigenvalue weighted by atomic mass is 32.2. The first kappa shape index (κ1) is 21.0. The average molecular weight is 402 g/mol. The number of hydrogen-bond donors (Lipinski definition) is 1. The monoisotopic (exact) mass is 401 g/mol. The predicted octanol–water partition coefficient (Wildman–Crippen LogP) is 1.20. The molecule has 7 nitrogen and oxygen atoms in total. The third kappa shape index (κ3) is 5.22. The summed E-state index contributed by atoms with van der Waals surface area (Å²) in [6, 6.07) is 0. The van der Waals surface area contributed by atoms with E-state index in [0.717, 1.165) is 45.2 Å². The van der Waals surface area contributed by atoms with Crippen LogP contribution in [0, 0.1) is 5.92 Å². The molecule has 2 heterocycles. The molecule has 0 aromatic heterocycles. The number of likely N-dealkylation sites (tertiary alicyclic amines) is 1. The molecule has 27 heavy (non-hydrogen) atoms. The fourth-order valence-corrected chi connectivity index (χ4v) is 6.14. The van der Waals surface area contributed by atoms with Crippen molar-refractivity contribution in [3.8, 4) is 0 Å². The van der Waals surface area contributed by atoms with Crippen molar-refractivity contribution < 1.29 is 17.9 Å². The van der Waals surface area contributed by atoms with Crippen LogP contribution in [0.3, 0.4) is 0 Å². The number of amides is 1. The lowest BCUT2D eigenvalue weighted by Crippen LogP contribution is -2.57. The van der Waals surface area contributed by atoms with Crippen molar-refractivity contribution in [2.24, 2.45) is 5.92 Å². The lowest BCUT2D eigenvalue weighted by Gasteiger charge is -2.41. The number of morpholine rings is 1. The fourth-order valence-electron chi connectivity index (χ4n) is 4.50. The van der Waals surface area contributed by atoms with Gasteiger partial charge in [0.2, 0.25) is 15.9 Å². The van der Waals surface area contributed by atoms with E-state index in [1.807, 2.05) is 0 Å². The molecule has 1 saturated carbocycles. The number of ether oxygens (including phenoxy) is 1. The first-order valence-corrected chi connectivity index (χ1v) is 11.9. The molecule has 3 rings (SSSR count). The summed E-state index contributed by atoms with van der Waals surface area (Å²) < 4.78 is 34.1. The number of nitrogens with one attached hydrogen (secondary N) is 1. The quantitative estimate of drug-likeness (QED) is 0.723. The Bertz CT molecular complexity index is 610. The van der Waals surface area contributed by atoms with E-state index in [1.165, 1.54) is 0 Å². The van der Waals surface area contributed by atoms with Gasteiger partial charge in [0.1, 0.15) is 0 Å². The summed E-state index contributed by atoms with van der Waals surface area (Å²) in [7, 11) is -3.45. The van der Waals surface area contributed by atoms with Crippen LogP contribution in [0.1, 0.15) is 52.4 Å². The standard InChI is InChI=1S/C19H35N3O4S/c1-19(2,22-10-12-26-13-11-22)15-20-27(24,25)17-8-5-9-21(14-17)18(23)16-6-3-4-7-16/h16-17,20H,3-15H2,1-2H3/t17-/m1/s1. The highest BCUT2D eigenvalue weighted by molar-refractivity contribution is 7.90. The van der Waals surface area contributed by atoms with Gasteiger partial charge in [-0.25, -0.2) is 13.1 Å². The zero-order chi connectivity index (χ0) is 19.5. The summed E-state index contributed by atoms with van der Waals surface area (Å²) >= 11 is 0. The minimum absolute atomic E-state index is 0.111. The average Bonchev–Trinajstić information content (AvgIpc) is 3.22. The van der Waals surface area contributed by atoms with Crippen molar-refractivity contribution in [3.63, 3.8) is 0 Å². The van der Waals surface area contributed by atoms with Gasteiger partial charge in [-0.05, 0) is 39.5 Å². The Balaban J connectivity index is 1.56. The number of piperidine rings is 1. The molecule has 0 radical (unpaired) electrons. The first-order valence-electron chi connectivity index (χ1n) is 10.4. The van der Waals surface area contributed by atoms with Crippen LogP contribution in [0.5, 0.6) is 0 Å². The van der Waals surface area contributed by atoms with Gasteiger partial charge in [-0.1, -0.05) is 12.8 Å². The number of nitrogens with zero attached hydrogens (tertiary/aromatic N) is 2. The van der Waals surface area contributed by atoms with Crippen LogP contribution in [-0.4, -0.2) is 80.9 Å². The van der Waals surface area contributed by atoms with E-state index in [-0.39, 0.29) is 17.4 Å². The Morgan fingerprint density at radius 2 is 1.74 bits per heavy atom. The third-order valence-corrected chi connectivity index (χ3v) is 8.22. The first-order chi connectivity index (χ1) is 12.8. The highest BCUT2D eigenvalue weighted by Gasteiger charge is 2.37. The molecule has 1 N–H and O–H groups in total. The van der Waals surface area contributed by atoms with E-state index in [0.29, 0.717) is 39.3 Å². The van der Waals surface area contributed by atoms with Crippen molar-refractivity contribution in [3.05, 3.63) is 0 Å². The number of sulfonamides is 1. The van der Waals surface area contributed by atoms with Crippen LogP contribution in [0.4, 0.5) is 0 Å². The van der Waals surface area contributed by atoms with Crippen molar-refractivity contribution in [2.45, 2.75) is 63.2 Å². The Labute approximate surface area is 163 Å². The molecule has 2 aliphatic heterocycles. The minimum Gasteiger partial charge on any atom is -0.379 e. The maximum atomic E-state index is 12.9. The van der Waals surface area contributed by atoms with Crippen LogP contribution in [0.15, 0.2) is 0 Å². The molecule has 3 fully saturated rings.